The van der Waals surface area contributed by atoms with Crippen molar-refractivity contribution in [3.8, 4) is 0 Å². The molecule has 1 aromatic carbocycles. The summed E-state index contributed by atoms with van der Waals surface area (Å²) in [5.74, 6) is -0.366. The van der Waals surface area contributed by atoms with E-state index in [0.29, 0.717) is 31.9 Å². The van der Waals surface area contributed by atoms with Crippen LogP contribution in [0, 0.1) is 5.82 Å². The highest BCUT2D eigenvalue weighted by molar-refractivity contribution is 7.86. The second-order valence-corrected chi connectivity index (χ2v) is 6.44. The van der Waals surface area contributed by atoms with E-state index in [4.69, 9.17) is 4.74 Å². The van der Waals surface area contributed by atoms with Crippen LogP contribution in [0.2, 0.25) is 0 Å². The molecule has 0 amide bonds. The Balaban J connectivity index is 2.07. The van der Waals surface area contributed by atoms with Crippen LogP contribution in [0.4, 0.5) is 4.39 Å². The van der Waals surface area contributed by atoms with E-state index in [2.05, 4.69) is 0 Å². The Morgan fingerprint density at radius 3 is 2.68 bits per heavy atom. The van der Waals surface area contributed by atoms with E-state index >= 15 is 0 Å². The average molecular weight is 288 g/mol. The summed E-state index contributed by atoms with van der Waals surface area (Å²) in [7, 11) is -2.01. The van der Waals surface area contributed by atoms with Gasteiger partial charge in [0.25, 0.3) is 10.2 Å². The van der Waals surface area contributed by atoms with Gasteiger partial charge >= 0.3 is 0 Å². The predicted octanol–water partition coefficient (Wildman–Crippen LogP) is 0.835. The van der Waals surface area contributed by atoms with Gasteiger partial charge in [-0.15, -0.1) is 0 Å². The van der Waals surface area contributed by atoms with Crippen LogP contribution in [0.15, 0.2) is 24.3 Å². The average Bonchev–Trinajstić information content (AvgIpc) is 2.39. The van der Waals surface area contributed by atoms with E-state index in [1.54, 1.807) is 12.1 Å². The molecule has 106 valence electrons. The Hall–Kier alpha value is -1.02. The molecular weight excluding hydrogens is 271 g/mol. The first-order valence-corrected chi connectivity index (χ1v) is 7.43. The SMILES string of the molecule is CN(Cc1cccc(F)c1)S(=O)(=O)N1CCOCC1. The molecule has 0 atom stereocenters. The second kappa shape index (κ2) is 5.96. The third-order valence-electron chi connectivity index (χ3n) is 2.98. The molecular formula is C12H17FN2O3S. The predicted molar refractivity (Wildman–Crippen MR) is 69.2 cm³/mol. The molecule has 0 bridgehead atoms. The van der Waals surface area contributed by atoms with Gasteiger partial charge in [-0.05, 0) is 17.7 Å². The minimum atomic E-state index is -3.51. The van der Waals surface area contributed by atoms with Crippen LogP contribution in [0.25, 0.3) is 0 Å². The van der Waals surface area contributed by atoms with Crippen molar-refractivity contribution in [1.82, 2.24) is 8.61 Å². The van der Waals surface area contributed by atoms with Crippen LogP contribution < -0.4 is 0 Å². The quantitative estimate of drug-likeness (QED) is 0.825. The van der Waals surface area contributed by atoms with Crippen LogP contribution in [0.1, 0.15) is 5.56 Å². The first-order valence-electron chi connectivity index (χ1n) is 6.04. The Bertz CT molecular complexity index is 530. The topological polar surface area (TPSA) is 49.9 Å². The van der Waals surface area contributed by atoms with E-state index in [0.717, 1.165) is 0 Å². The van der Waals surface area contributed by atoms with Crippen molar-refractivity contribution < 1.29 is 17.5 Å². The zero-order valence-corrected chi connectivity index (χ0v) is 11.6. The van der Waals surface area contributed by atoms with Crippen molar-refractivity contribution in [3.05, 3.63) is 35.6 Å². The molecule has 5 nitrogen and oxygen atoms in total. The van der Waals surface area contributed by atoms with Gasteiger partial charge in [0.1, 0.15) is 5.82 Å². The van der Waals surface area contributed by atoms with Gasteiger partial charge in [-0.1, -0.05) is 12.1 Å². The molecule has 0 saturated carbocycles. The van der Waals surface area contributed by atoms with Gasteiger partial charge in [0.15, 0.2) is 0 Å². The van der Waals surface area contributed by atoms with Crippen molar-refractivity contribution in [3.63, 3.8) is 0 Å². The van der Waals surface area contributed by atoms with Gasteiger partial charge in [0.05, 0.1) is 13.2 Å². The number of nitrogens with zero attached hydrogens (tertiary/aromatic N) is 2. The molecule has 0 aliphatic carbocycles. The first kappa shape index (κ1) is 14.4. The molecule has 2 rings (SSSR count). The molecule has 1 aliphatic rings. The summed E-state index contributed by atoms with van der Waals surface area (Å²) < 4.78 is 45.4. The Morgan fingerprint density at radius 1 is 1.37 bits per heavy atom. The molecule has 1 aliphatic heterocycles. The minimum absolute atomic E-state index is 0.150. The molecule has 7 heteroatoms. The lowest BCUT2D eigenvalue weighted by Crippen LogP contribution is -2.47. The third kappa shape index (κ3) is 3.50. The lowest BCUT2D eigenvalue weighted by Gasteiger charge is -2.30. The molecule has 1 heterocycles. The zero-order valence-electron chi connectivity index (χ0n) is 10.8. The number of rotatable bonds is 4. The van der Waals surface area contributed by atoms with Gasteiger partial charge < -0.3 is 4.74 Å². The Labute approximate surface area is 112 Å². The largest absolute Gasteiger partial charge is 0.379 e. The molecule has 19 heavy (non-hydrogen) atoms. The lowest BCUT2D eigenvalue weighted by atomic mass is 10.2. The van der Waals surface area contributed by atoms with Gasteiger partial charge in [-0.3, -0.25) is 0 Å². The van der Waals surface area contributed by atoms with E-state index in [1.807, 2.05) is 0 Å². The maximum Gasteiger partial charge on any atom is 0.282 e. The fraction of sp³-hybridized carbons (Fsp3) is 0.500. The first-order chi connectivity index (χ1) is 9.00. The molecule has 0 spiro atoms. The van der Waals surface area contributed by atoms with Gasteiger partial charge in [-0.2, -0.15) is 17.0 Å². The van der Waals surface area contributed by atoms with E-state index in [1.165, 1.54) is 27.8 Å². The van der Waals surface area contributed by atoms with E-state index < -0.39 is 10.2 Å². The maximum atomic E-state index is 13.1. The highest BCUT2D eigenvalue weighted by Crippen LogP contribution is 2.13. The molecule has 1 aromatic rings. The molecule has 1 saturated heterocycles. The molecule has 0 N–H and O–H groups in total. The Morgan fingerprint density at radius 2 is 2.05 bits per heavy atom. The monoisotopic (exact) mass is 288 g/mol. The van der Waals surface area contributed by atoms with Crippen LogP contribution in [-0.4, -0.2) is 50.4 Å². The Kier molecular flexibility index (Phi) is 4.51. The van der Waals surface area contributed by atoms with Gasteiger partial charge in [0.2, 0.25) is 0 Å². The van der Waals surface area contributed by atoms with Crippen LogP contribution >= 0.6 is 0 Å². The summed E-state index contributed by atoms with van der Waals surface area (Å²) in [5.41, 5.74) is 0.624. The summed E-state index contributed by atoms with van der Waals surface area (Å²) in [6.07, 6.45) is 0. The number of benzene rings is 1. The van der Waals surface area contributed by atoms with Crippen LogP contribution in [0.3, 0.4) is 0 Å². The molecule has 0 unspecified atom stereocenters. The van der Waals surface area contributed by atoms with Crippen LogP contribution in [-0.2, 0) is 21.5 Å². The zero-order chi connectivity index (χ0) is 13.9. The summed E-state index contributed by atoms with van der Waals surface area (Å²) in [5, 5.41) is 0. The number of halogens is 1. The van der Waals surface area contributed by atoms with Crippen LogP contribution in [0.5, 0.6) is 0 Å². The van der Waals surface area contributed by atoms with Crippen molar-refractivity contribution >= 4 is 10.2 Å². The molecule has 0 aromatic heterocycles. The van der Waals surface area contributed by atoms with Crippen molar-refractivity contribution in [1.29, 1.82) is 0 Å². The third-order valence-corrected chi connectivity index (χ3v) is 4.92. The molecule has 0 radical (unpaired) electrons. The fourth-order valence-electron chi connectivity index (χ4n) is 1.95. The number of ether oxygens (including phenoxy) is 1. The summed E-state index contributed by atoms with van der Waals surface area (Å²) >= 11 is 0. The number of morpholine rings is 1. The highest BCUT2D eigenvalue weighted by atomic mass is 32.2. The lowest BCUT2D eigenvalue weighted by molar-refractivity contribution is 0.0705. The van der Waals surface area contributed by atoms with E-state index in [9.17, 15) is 12.8 Å². The van der Waals surface area contributed by atoms with E-state index in [-0.39, 0.29) is 12.4 Å². The van der Waals surface area contributed by atoms with Crippen molar-refractivity contribution in [2.24, 2.45) is 0 Å². The fourth-order valence-corrected chi connectivity index (χ4v) is 3.27. The standard InChI is InChI=1S/C12H17FN2O3S/c1-14(10-11-3-2-4-12(13)9-11)19(16,17)15-5-7-18-8-6-15/h2-4,9H,5-8,10H2,1H3. The minimum Gasteiger partial charge on any atom is -0.379 e. The number of hydrogen-bond donors (Lipinski definition) is 0. The van der Waals surface area contributed by atoms with Gasteiger partial charge in [0, 0.05) is 26.7 Å². The second-order valence-electron chi connectivity index (χ2n) is 4.41. The summed E-state index contributed by atoms with van der Waals surface area (Å²) in [6.45, 7) is 1.68. The highest BCUT2D eigenvalue weighted by Gasteiger charge is 2.28. The number of hydrogen-bond acceptors (Lipinski definition) is 3. The smallest absolute Gasteiger partial charge is 0.282 e. The molecule has 1 fully saturated rings. The van der Waals surface area contributed by atoms with Crippen molar-refractivity contribution in [2.75, 3.05) is 33.4 Å². The van der Waals surface area contributed by atoms with Crippen molar-refractivity contribution in [2.45, 2.75) is 6.54 Å². The maximum absolute atomic E-state index is 13.1. The summed E-state index contributed by atoms with van der Waals surface area (Å²) in [6, 6.07) is 5.94. The van der Waals surface area contributed by atoms with Gasteiger partial charge in [-0.25, -0.2) is 4.39 Å². The summed E-state index contributed by atoms with van der Waals surface area (Å²) in [4.78, 5) is 0. The normalized spacial score (nSPS) is 17.8.